The standard InChI is InChI=1S/C40H52O5SSi2/c1-39(2,3)47(34-19-11-7-12-20-34,35-21-13-8-14-22-35)44-29-32-27-28-33(31-46(41,42)43)38(32)30-45-48(40(4,5)6,36-23-15-9-16-24-36)37-25-17-10-18-26-37/h7-26,32-33,38H,27-31H2,1-6H3,(H,41,42,43). The van der Waals surface area contributed by atoms with E-state index < -0.39 is 26.8 Å². The Balaban J connectivity index is 1.55. The van der Waals surface area contributed by atoms with Crippen molar-refractivity contribution in [3.63, 3.8) is 0 Å². The number of hydrogen-bond acceptors (Lipinski definition) is 4. The first-order valence-electron chi connectivity index (χ1n) is 17.1. The molecular weight excluding hydrogens is 649 g/mol. The summed E-state index contributed by atoms with van der Waals surface area (Å²) in [5.74, 6) is -0.535. The van der Waals surface area contributed by atoms with Crippen molar-refractivity contribution >= 4 is 47.5 Å². The molecule has 0 aromatic heterocycles. The molecule has 1 fully saturated rings. The molecule has 0 amide bonds. The van der Waals surface area contributed by atoms with Crippen LogP contribution in [0.4, 0.5) is 0 Å². The molecular formula is C40H52O5SSi2. The average molecular weight is 701 g/mol. The van der Waals surface area contributed by atoms with Crippen molar-refractivity contribution in [3.8, 4) is 0 Å². The highest BCUT2D eigenvalue weighted by molar-refractivity contribution is 7.85. The van der Waals surface area contributed by atoms with E-state index in [4.69, 9.17) is 8.85 Å². The summed E-state index contributed by atoms with van der Waals surface area (Å²) >= 11 is 0. The lowest BCUT2D eigenvalue weighted by atomic mass is 9.92. The quantitative estimate of drug-likeness (QED) is 0.132. The molecule has 4 aromatic rings. The lowest BCUT2D eigenvalue weighted by Gasteiger charge is -2.45. The summed E-state index contributed by atoms with van der Waals surface area (Å²) in [7, 11) is -9.86. The first kappa shape index (κ1) is 36.4. The van der Waals surface area contributed by atoms with E-state index in [9.17, 15) is 13.0 Å². The highest BCUT2D eigenvalue weighted by atomic mass is 32.2. The van der Waals surface area contributed by atoms with Gasteiger partial charge in [-0.1, -0.05) is 163 Å². The molecule has 5 nitrogen and oxygen atoms in total. The van der Waals surface area contributed by atoms with Gasteiger partial charge >= 0.3 is 0 Å². The third-order valence-corrected chi connectivity index (χ3v) is 21.2. The number of hydrogen-bond donors (Lipinski definition) is 1. The van der Waals surface area contributed by atoms with Crippen molar-refractivity contribution in [1.29, 1.82) is 0 Å². The van der Waals surface area contributed by atoms with Gasteiger partial charge in [-0.05, 0) is 61.4 Å². The average Bonchev–Trinajstić information content (AvgIpc) is 3.42. The van der Waals surface area contributed by atoms with Gasteiger partial charge in [0, 0.05) is 13.2 Å². The fourth-order valence-corrected chi connectivity index (χ4v) is 18.3. The molecule has 5 rings (SSSR count). The van der Waals surface area contributed by atoms with E-state index >= 15 is 0 Å². The van der Waals surface area contributed by atoms with Crippen molar-refractivity contribution in [1.82, 2.24) is 0 Å². The molecule has 3 atom stereocenters. The van der Waals surface area contributed by atoms with Crippen LogP contribution in [0.2, 0.25) is 10.1 Å². The zero-order chi connectivity index (χ0) is 34.6. The van der Waals surface area contributed by atoms with Crippen LogP contribution in [-0.4, -0.2) is 48.6 Å². The first-order valence-corrected chi connectivity index (χ1v) is 22.6. The van der Waals surface area contributed by atoms with Crippen molar-refractivity contribution in [3.05, 3.63) is 121 Å². The maximum atomic E-state index is 12.4. The molecule has 0 radical (unpaired) electrons. The smallest absolute Gasteiger partial charge is 0.265 e. The molecule has 0 aliphatic heterocycles. The van der Waals surface area contributed by atoms with Crippen LogP contribution < -0.4 is 20.7 Å². The molecule has 1 aliphatic carbocycles. The van der Waals surface area contributed by atoms with Crippen LogP contribution in [0.1, 0.15) is 54.4 Å². The highest BCUT2D eigenvalue weighted by Crippen LogP contribution is 2.44. The van der Waals surface area contributed by atoms with Crippen molar-refractivity contribution in [2.45, 2.75) is 64.5 Å². The SMILES string of the molecule is CC(C)(C)[Si](OCC1CCC(CS(=O)(=O)O)C1CO[Si](c1ccccc1)(c1ccccc1)C(C)(C)C)(c1ccccc1)c1ccccc1. The van der Waals surface area contributed by atoms with Crippen LogP contribution in [0, 0.1) is 17.8 Å². The van der Waals surface area contributed by atoms with Gasteiger partial charge in [0.15, 0.2) is 0 Å². The normalized spacial score (nSPS) is 19.4. The van der Waals surface area contributed by atoms with E-state index in [1.807, 2.05) is 24.3 Å². The molecule has 3 unspecified atom stereocenters. The lowest BCUT2D eigenvalue weighted by molar-refractivity contribution is 0.134. The topological polar surface area (TPSA) is 72.8 Å². The molecule has 48 heavy (non-hydrogen) atoms. The van der Waals surface area contributed by atoms with Crippen LogP contribution in [0.25, 0.3) is 0 Å². The molecule has 8 heteroatoms. The molecule has 0 heterocycles. The van der Waals surface area contributed by atoms with Gasteiger partial charge < -0.3 is 8.85 Å². The third-order valence-electron chi connectivity index (χ3n) is 10.4. The minimum atomic E-state index is -4.18. The second-order valence-electron chi connectivity index (χ2n) is 15.5. The fraction of sp³-hybridized carbons (Fsp3) is 0.400. The zero-order valence-electron chi connectivity index (χ0n) is 29.3. The molecule has 256 valence electrons. The Morgan fingerprint density at radius 1 is 0.562 bits per heavy atom. The van der Waals surface area contributed by atoms with Crippen LogP contribution in [-0.2, 0) is 19.0 Å². The highest BCUT2D eigenvalue weighted by Gasteiger charge is 2.53. The maximum Gasteiger partial charge on any atom is 0.265 e. The Morgan fingerprint density at radius 2 is 0.875 bits per heavy atom. The molecule has 0 bridgehead atoms. The number of rotatable bonds is 12. The summed E-state index contributed by atoms with van der Waals surface area (Å²) in [6.07, 6.45) is 1.51. The van der Waals surface area contributed by atoms with Gasteiger partial charge in [0.2, 0.25) is 0 Å². The van der Waals surface area contributed by atoms with E-state index in [0.717, 1.165) is 6.42 Å². The van der Waals surface area contributed by atoms with Crippen LogP contribution in [0.15, 0.2) is 121 Å². The fourth-order valence-electron chi connectivity index (χ4n) is 8.17. The van der Waals surface area contributed by atoms with Gasteiger partial charge in [-0.3, -0.25) is 4.55 Å². The van der Waals surface area contributed by atoms with Crippen LogP contribution in [0.3, 0.4) is 0 Å². The van der Waals surface area contributed by atoms with Gasteiger partial charge in [0.05, 0.1) is 5.75 Å². The van der Waals surface area contributed by atoms with Gasteiger partial charge in [-0.15, -0.1) is 0 Å². The monoisotopic (exact) mass is 700 g/mol. The molecule has 4 aromatic carbocycles. The van der Waals surface area contributed by atoms with Crippen LogP contribution >= 0.6 is 0 Å². The Labute approximate surface area is 290 Å². The van der Waals surface area contributed by atoms with E-state index in [-0.39, 0.29) is 33.6 Å². The zero-order valence-corrected chi connectivity index (χ0v) is 32.1. The Kier molecular flexibility index (Phi) is 11.0. The lowest BCUT2D eigenvalue weighted by Crippen LogP contribution is -2.67. The summed E-state index contributed by atoms with van der Waals surface area (Å²) < 4.78 is 49.6. The van der Waals surface area contributed by atoms with Crippen LogP contribution in [0.5, 0.6) is 0 Å². The minimum absolute atomic E-state index is 0.0663. The summed E-state index contributed by atoms with van der Waals surface area (Å²) in [6.45, 7) is 14.5. The van der Waals surface area contributed by atoms with Gasteiger partial charge in [-0.25, -0.2) is 0 Å². The summed E-state index contributed by atoms with van der Waals surface area (Å²) in [6, 6.07) is 42.3. The molecule has 0 spiro atoms. The molecule has 1 aliphatic rings. The van der Waals surface area contributed by atoms with Gasteiger partial charge in [0.25, 0.3) is 26.8 Å². The Hall–Kier alpha value is -2.86. The van der Waals surface area contributed by atoms with E-state index in [2.05, 4.69) is 139 Å². The first-order chi connectivity index (χ1) is 22.7. The maximum absolute atomic E-state index is 12.4. The predicted molar refractivity (Wildman–Crippen MR) is 203 cm³/mol. The van der Waals surface area contributed by atoms with Gasteiger partial charge in [-0.2, -0.15) is 8.42 Å². The second kappa shape index (κ2) is 14.6. The molecule has 1 N–H and O–H groups in total. The number of benzene rings is 4. The van der Waals surface area contributed by atoms with Crippen molar-refractivity contribution < 1.29 is 21.8 Å². The molecule has 1 saturated carbocycles. The third kappa shape index (κ3) is 7.49. The predicted octanol–water partition coefficient (Wildman–Crippen LogP) is 6.67. The summed E-state index contributed by atoms with van der Waals surface area (Å²) in [4.78, 5) is 0. The molecule has 0 saturated heterocycles. The van der Waals surface area contributed by atoms with E-state index in [0.29, 0.717) is 19.6 Å². The summed E-state index contributed by atoms with van der Waals surface area (Å²) in [5, 5.41) is 4.42. The second-order valence-corrected chi connectivity index (χ2v) is 25.6. The Bertz CT molecular complexity index is 1620. The minimum Gasteiger partial charge on any atom is -0.407 e. The summed E-state index contributed by atoms with van der Waals surface area (Å²) in [5.41, 5.74) is 0. The van der Waals surface area contributed by atoms with Crippen molar-refractivity contribution in [2.75, 3.05) is 19.0 Å². The van der Waals surface area contributed by atoms with Gasteiger partial charge in [0.1, 0.15) is 0 Å². The van der Waals surface area contributed by atoms with E-state index in [1.165, 1.54) is 20.7 Å². The largest absolute Gasteiger partial charge is 0.407 e. The van der Waals surface area contributed by atoms with E-state index in [1.54, 1.807) is 0 Å². The Morgan fingerprint density at radius 3 is 1.19 bits per heavy atom. The van der Waals surface area contributed by atoms with Crippen molar-refractivity contribution in [2.24, 2.45) is 17.8 Å².